The highest BCUT2D eigenvalue weighted by atomic mass is 125. The number of carbonyl (C=O) groups excluding carboxylic acids is 9. The van der Waals surface area contributed by atoms with Crippen LogP contribution in [-0.2, 0) is 63.8 Å². The highest BCUT2D eigenvalue weighted by Crippen LogP contribution is 2.18. The second kappa shape index (κ2) is 39.9. The molecule has 26 nitrogen and oxygen atoms in total. The minimum absolute atomic E-state index is 0.00262. The summed E-state index contributed by atoms with van der Waals surface area (Å²) in [7, 11) is 0. The number of benzene rings is 2. The molecule has 1 aliphatic rings. The van der Waals surface area contributed by atoms with Crippen molar-refractivity contribution < 1.29 is 81.9 Å². The minimum atomic E-state index is -1.49. The van der Waals surface area contributed by atoms with Crippen molar-refractivity contribution in [2.45, 2.75) is 162 Å². The van der Waals surface area contributed by atoms with Crippen LogP contribution in [-0.4, -0.2) is 228 Å². The maximum Gasteiger partial charge on any atom is 0.326 e. The first-order chi connectivity index (χ1) is 42.6. The highest BCUT2D eigenvalue weighted by molar-refractivity contribution is 14.1. The fraction of sp³-hybridized carbons (Fsp3) is 0.635. The smallest absolute Gasteiger partial charge is 0.326 e. The average Bonchev–Trinajstić information content (AvgIpc) is 2.98. The Morgan fingerprint density at radius 1 is 0.593 bits per heavy atom. The Bertz CT molecular complexity index is 2690. The number of nitrogens with one attached hydrogen (secondary N) is 4. The van der Waals surface area contributed by atoms with Gasteiger partial charge in [0.2, 0.25) is 5.91 Å². The number of carboxylic acids is 2. The first-order valence-electron chi connectivity index (χ1n) is 30.7. The van der Waals surface area contributed by atoms with Gasteiger partial charge in [0.15, 0.2) is 6.23 Å². The van der Waals surface area contributed by atoms with Crippen LogP contribution < -0.4 is 21.3 Å². The first kappa shape index (κ1) is 78.9. The molecule has 1 saturated heterocycles. The van der Waals surface area contributed by atoms with Gasteiger partial charge in [-0.2, -0.15) is 0 Å². The molecule has 0 unspecified atom stereocenters. The third-order valence-corrected chi connectivity index (χ3v) is 14.8. The molecule has 6 N–H and O–H groups in total. The number of carbonyl (C=O) groups is 11. The second-order valence-electron chi connectivity index (χ2n) is 25.3. The molecule has 1 aliphatic heterocycles. The lowest BCUT2D eigenvalue weighted by atomic mass is 10.1. The molecule has 1 fully saturated rings. The quantitative estimate of drug-likeness (QED) is 0.0124. The van der Waals surface area contributed by atoms with Crippen molar-refractivity contribution in [3.63, 3.8) is 0 Å². The van der Waals surface area contributed by atoms with Gasteiger partial charge in [-0.1, -0.05) is 28.1 Å². The zero-order valence-corrected chi connectivity index (χ0v) is 57.9. The summed E-state index contributed by atoms with van der Waals surface area (Å²) in [5.41, 5.74) is -0.706. The van der Waals surface area contributed by atoms with Gasteiger partial charge < -0.3 is 55.3 Å². The molecule has 2 aromatic carbocycles. The molecule has 0 bridgehead atoms. The number of hydrogen-bond donors (Lipinski definition) is 6. The van der Waals surface area contributed by atoms with E-state index in [1.165, 1.54) is 6.07 Å². The molecule has 508 valence electrons. The number of carboxylic acid groups (broad SMARTS) is 2. The summed E-state index contributed by atoms with van der Waals surface area (Å²) < 4.78 is 23.5. The number of aliphatic carboxylic acids is 2. The molecule has 28 heteroatoms. The summed E-state index contributed by atoms with van der Waals surface area (Å²) in [5, 5.41) is 28.6. The van der Waals surface area contributed by atoms with Crippen molar-refractivity contribution in [1.29, 1.82) is 0 Å². The van der Waals surface area contributed by atoms with Crippen LogP contribution in [0.15, 0.2) is 46.9 Å². The number of ketones is 1. The summed E-state index contributed by atoms with van der Waals surface area (Å²) >= 11 is 5.46. The van der Waals surface area contributed by atoms with E-state index in [1.807, 2.05) is 66.5 Å². The Labute approximate surface area is 556 Å². The molecule has 5 amide bonds. The van der Waals surface area contributed by atoms with Gasteiger partial charge in [-0.25, -0.2) is 9.59 Å². The minimum Gasteiger partial charge on any atom is -0.481 e. The summed E-state index contributed by atoms with van der Waals surface area (Å²) in [5.74, 6) is -4.92. The number of hydrogen-bond acceptors (Lipinski definition) is 19. The van der Waals surface area contributed by atoms with Crippen molar-refractivity contribution in [3.8, 4) is 0 Å². The SMILES string of the molecule is CC(C)(C)OC(=O)CN1CCN(CC(=O)CCCNC(=O)c2cc([125I])cc(C(=O)NCCCCC(=O)N(CCCC[C@H](NC(=O)N[C@@H](CCC(=O)O)C(=O)O)OC=O)Cc3ccc(Br)cc3)c2)CCN(CC(=O)OC(C)(C)C)CCN(CC(=O)OC(C)(C)C)CC1. The van der Waals surface area contributed by atoms with Crippen molar-refractivity contribution in [2.75, 3.05) is 98.2 Å². The van der Waals surface area contributed by atoms with Crippen LogP contribution in [0.5, 0.6) is 0 Å². The normalized spacial score (nSPS) is 14.8. The van der Waals surface area contributed by atoms with Gasteiger partial charge in [0.05, 0.1) is 26.2 Å². The summed E-state index contributed by atoms with van der Waals surface area (Å²) in [6, 6.07) is 9.83. The number of Topliss-reactive ketones (excluding diaryl/α,β-unsaturated/α-hetero) is 1. The number of urea groups is 1. The van der Waals surface area contributed by atoms with Crippen LogP contribution in [0.25, 0.3) is 0 Å². The van der Waals surface area contributed by atoms with Gasteiger partial charge in [-0.15, -0.1) is 0 Å². The molecule has 2 aromatic rings. The molecule has 1 heterocycles. The van der Waals surface area contributed by atoms with Gasteiger partial charge in [-0.3, -0.25) is 62.8 Å². The lowest BCUT2D eigenvalue weighted by Crippen LogP contribution is -2.50. The molecule has 0 saturated carbocycles. The lowest BCUT2D eigenvalue weighted by molar-refractivity contribution is -0.158. The van der Waals surface area contributed by atoms with E-state index < -0.39 is 83.2 Å². The summed E-state index contributed by atoms with van der Waals surface area (Å²) in [6.45, 7) is 20.6. The zero-order chi connectivity index (χ0) is 67.9. The number of rotatable bonds is 34. The average molecular weight is 1460 g/mol. The second-order valence-corrected chi connectivity index (χ2v) is 27.5. The Balaban J connectivity index is 1.58. The molecule has 2 atom stereocenters. The Kier molecular flexibility index (Phi) is 34.6. The molecule has 0 aliphatic carbocycles. The van der Waals surface area contributed by atoms with Gasteiger partial charge in [0.25, 0.3) is 18.3 Å². The monoisotopic (exact) mass is 1450 g/mol. The maximum absolute atomic E-state index is 13.7. The fourth-order valence-corrected chi connectivity index (χ4v) is 10.3. The molecule has 0 aromatic heterocycles. The lowest BCUT2D eigenvalue weighted by Gasteiger charge is -2.34. The Morgan fingerprint density at radius 3 is 1.49 bits per heavy atom. The van der Waals surface area contributed by atoms with E-state index in [0.29, 0.717) is 101 Å². The maximum atomic E-state index is 13.7. The fourth-order valence-electron chi connectivity index (χ4n) is 9.36. The van der Waals surface area contributed by atoms with E-state index in [4.69, 9.17) is 24.1 Å². The molecule has 0 radical (unpaired) electrons. The first-order valence-corrected chi connectivity index (χ1v) is 32.6. The van der Waals surface area contributed by atoms with Gasteiger partial charge in [0, 0.05) is 123 Å². The van der Waals surface area contributed by atoms with E-state index in [1.54, 1.807) is 79.3 Å². The number of esters is 3. The Morgan fingerprint density at radius 2 is 1.05 bits per heavy atom. The number of unbranched alkanes of at least 4 members (excludes halogenated alkanes) is 2. The molecule has 91 heavy (non-hydrogen) atoms. The zero-order valence-electron chi connectivity index (χ0n) is 54.2. The number of halogens is 2. The highest BCUT2D eigenvalue weighted by Gasteiger charge is 2.28. The van der Waals surface area contributed by atoms with Crippen LogP contribution in [0.2, 0.25) is 0 Å². The molecule has 0 spiro atoms. The van der Waals surface area contributed by atoms with Gasteiger partial charge in [-0.05, 0) is 159 Å². The molecule has 3 rings (SSSR count). The number of nitrogens with zero attached hydrogens (tertiary/aromatic N) is 5. The van der Waals surface area contributed by atoms with E-state index in [9.17, 15) is 57.8 Å². The standard InChI is InChI=1S/C63H95BrIN9O17/c1-61(2,3)89-54(80)40-71-29-27-70(28-30-72(41-55(81)90-62(4,5)6)32-34-73(33-31-71)42-56(82)91-63(7,8)9)39-49(76)15-14-25-67-58(84)46-35-45(36-48(65)37-46)57(83)66-24-12-10-17-52(77)74(38-44-18-20-47(64)21-19-44)26-13-11-16-51(88-43-75)69-60(87)68-50(59(85)86)22-23-53(78)79/h18-21,35-37,43,50-51H,10-17,22-34,38-42H2,1-9H3,(H,66,83)(H,67,84)(H,78,79)(H,85,86)(H2,68,69,87)/t50-,51+/m0/s1/i65-2. The van der Waals surface area contributed by atoms with Crippen LogP contribution in [0.4, 0.5) is 4.79 Å². The summed E-state index contributed by atoms with van der Waals surface area (Å²) in [6.07, 6.45) is 0.524. The van der Waals surface area contributed by atoms with Crippen molar-refractivity contribution in [2.24, 2.45) is 0 Å². The number of ether oxygens (including phenoxy) is 4. The van der Waals surface area contributed by atoms with E-state index in [0.717, 1.165) is 10.0 Å². The van der Waals surface area contributed by atoms with Crippen LogP contribution in [0.1, 0.15) is 153 Å². The number of amides is 5. The van der Waals surface area contributed by atoms with Crippen LogP contribution >= 0.6 is 38.5 Å². The largest absolute Gasteiger partial charge is 0.481 e. The van der Waals surface area contributed by atoms with E-state index >= 15 is 0 Å². The van der Waals surface area contributed by atoms with Crippen molar-refractivity contribution in [1.82, 2.24) is 45.8 Å². The topological polar surface area (TPSA) is 329 Å². The Hall–Kier alpha value is -6.34. The molecular formula is C63H95BrIN9O17. The van der Waals surface area contributed by atoms with E-state index in [-0.39, 0.29) is 94.2 Å². The molecular weight excluding hydrogens is 1360 g/mol. The third kappa shape index (κ3) is 35.9. The summed E-state index contributed by atoms with van der Waals surface area (Å²) in [4.78, 5) is 149. The van der Waals surface area contributed by atoms with Crippen molar-refractivity contribution in [3.05, 3.63) is 67.2 Å². The third-order valence-electron chi connectivity index (χ3n) is 13.6. The van der Waals surface area contributed by atoms with Crippen molar-refractivity contribution >= 4 is 104 Å². The van der Waals surface area contributed by atoms with Crippen LogP contribution in [0, 0.1) is 3.57 Å². The predicted molar refractivity (Wildman–Crippen MR) is 350 cm³/mol. The van der Waals surface area contributed by atoms with Crippen LogP contribution in [0.3, 0.4) is 0 Å². The van der Waals surface area contributed by atoms with Gasteiger partial charge >= 0.3 is 35.9 Å². The van der Waals surface area contributed by atoms with Gasteiger partial charge in [0.1, 0.15) is 28.6 Å². The van der Waals surface area contributed by atoms with E-state index in [2.05, 4.69) is 37.2 Å². The predicted octanol–water partition coefficient (Wildman–Crippen LogP) is 5.60.